The number of aromatic hydroxyl groups is 1. The van der Waals surface area contributed by atoms with E-state index in [0.717, 1.165) is 0 Å². The summed E-state index contributed by atoms with van der Waals surface area (Å²) in [7, 11) is 0. The van der Waals surface area contributed by atoms with E-state index in [-0.39, 0.29) is 11.3 Å². The molecule has 2 aromatic rings. The Morgan fingerprint density at radius 3 is 2.53 bits per heavy atom. The van der Waals surface area contributed by atoms with Gasteiger partial charge in [-0.25, -0.2) is 0 Å². The van der Waals surface area contributed by atoms with Gasteiger partial charge in [0.05, 0.1) is 0 Å². The molecule has 2 rings (SSSR count). The van der Waals surface area contributed by atoms with E-state index < -0.39 is 22.5 Å². The normalized spacial score (nSPS) is 10.4. The van der Waals surface area contributed by atoms with Crippen LogP contribution in [-0.2, 0) is 0 Å². The van der Waals surface area contributed by atoms with Crippen molar-refractivity contribution in [2.45, 2.75) is 0 Å². The van der Waals surface area contributed by atoms with Crippen LogP contribution in [0.15, 0.2) is 33.9 Å². The number of hydrogen-bond donors (Lipinski definition) is 3. The molecule has 6 nitrogen and oxygen atoms in total. The standard InChI is InChI=1S/C11H8N2O4/c12-11(17)5-2-1-3-6(4-5)13-7-8(14)10(16)9(7)15/h1-4,13-14H,(H2,12,17). The lowest BCUT2D eigenvalue weighted by molar-refractivity contribution is 0.100. The molecule has 0 saturated heterocycles. The molecule has 0 aliphatic heterocycles. The van der Waals surface area contributed by atoms with Crippen LogP contribution in [0.2, 0.25) is 0 Å². The van der Waals surface area contributed by atoms with Gasteiger partial charge in [-0.15, -0.1) is 0 Å². The average molecular weight is 232 g/mol. The number of anilines is 2. The molecule has 17 heavy (non-hydrogen) atoms. The Hall–Kier alpha value is -2.63. The second-order valence-electron chi connectivity index (χ2n) is 3.45. The summed E-state index contributed by atoms with van der Waals surface area (Å²) in [5.41, 5.74) is 3.86. The van der Waals surface area contributed by atoms with Gasteiger partial charge in [-0.1, -0.05) is 6.07 Å². The van der Waals surface area contributed by atoms with Gasteiger partial charge in [-0.2, -0.15) is 0 Å². The largest absolute Gasteiger partial charge is 0.502 e. The van der Waals surface area contributed by atoms with E-state index in [9.17, 15) is 14.4 Å². The number of carbonyl (C=O) groups excluding carboxylic acids is 1. The minimum atomic E-state index is -0.918. The zero-order valence-corrected chi connectivity index (χ0v) is 8.56. The van der Waals surface area contributed by atoms with E-state index in [1.165, 1.54) is 12.1 Å². The second-order valence-corrected chi connectivity index (χ2v) is 3.45. The highest BCUT2D eigenvalue weighted by Crippen LogP contribution is 2.21. The van der Waals surface area contributed by atoms with E-state index in [4.69, 9.17) is 10.8 Å². The third kappa shape index (κ3) is 1.76. The number of nitrogens with two attached hydrogens (primary N) is 1. The zero-order chi connectivity index (χ0) is 12.6. The van der Waals surface area contributed by atoms with E-state index in [1.54, 1.807) is 12.1 Å². The lowest BCUT2D eigenvalue weighted by Gasteiger charge is -2.09. The molecule has 2 aromatic carbocycles. The highest BCUT2D eigenvalue weighted by Gasteiger charge is 2.19. The van der Waals surface area contributed by atoms with Gasteiger partial charge in [0.2, 0.25) is 5.91 Å². The van der Waals surface area contributed by atoms with Crippen molar-refractivity contribution in [2.75, 3.05) is 5.32 Å². The number of rotatable bonds is 3. The smallest absolute Gasteiger partial charge is 0.271 e. The molecule has 0 atom stereocenters. The van der Waals surface area contributed by atoms with Gasteiger partial charge in [-0.3, -0.25) is 14.4 Å². The quantitative estimate of drug-likeness (QED) is 0.636. The molecular formula is C11H8N2O4. The van der Waals surface area contributed by atoms with Gasteiger partial charge in [0.1, 0.15) is 5.69 Å². The highest BCUT2D eigenvalue weighted by molar-refractivity contribution is 5.94. The maximum Gasteiger partial charge on any atom is 0.271 e. The van der Waals surface area contributed by atoms with Crippen molar-refractivity contribution in [1.29, 1.82) is 0 Å². The van der Waals surface area contributed by atoms with E-state index in [1.807, 2.05) is 0 Å². The Balaban J connectivity index is 2.32. The number of carbonyl (C=O) groups is 1. The summed E-state index contributed by atoms with van der Waals surface area (Å²) >= 11 is 0. The Morgan fingerprint density at radius 2 is 1.94 bits per heavy atom. The van der Waals surface area contributed by atoms with Gasteiger partial charge in [0, 0.05) is 11.3 Å². The topological polar surface area (TPSA) is 109 Å². The summed E-state index contributed by atoms with van der Waals surface area (Å²) in [5.74, 6) is -1.21. The van der Waals surface area contributed by atoms with Crippen molar-refractivity contribution in [3.8, 4) is 5.75 Å². The number of benzene rings is 1. The SMILES string of the molecule is NC(=O)c1cccc(Nc2c(O)c(=O)c2=O)c1. The van der Waals surface area contributed by atoms with Crippen LogP contribution in [-0.4, -0.2) is 11.0 Å². The third-order valence-electron chi connectivity index (χ3n) is 2.30. The predicted molar refractivity (Wildman–Crippen MR) is 61.3 cm³/mol. The Morgan fingerprint density at radius 1 is 1.24 bits per heavy atom. The number of nitrogens with one attached hydrogen (secondary N) is 1. The summed E-state index contributed by atoms with van der Waals surface area (Å²) < 4.78 is 0. The summed E-state index contributed by atoms with van der Waals surface area (Å²) in [6.45, 7) is 0. The Kier molecular flexibility index (Phi) is 2.40. The van der Waals surface area contributed by atoms with Crippen LogP contribution in [0.5, 0.6) is 5.75 Å². The van der Waals surface area contributed by atoms with Gasteiger partial charge in [0.15, 0.2) is 5.75 Å². The lowest BCUT2D eigenvalue weighted by Crippen LogP contribution is -2.32. The van der Waals surface area contributed by atoms with Crippen LogP contribution in [0.25, 0.3) is 0 Å². The zero-order valence-electron chi connectivity index (χ0n) is 8.56. The van der Waals surface area contributed by atoms with Crippen molar-refractivity contribution in [2.24, 2.45) is 5.73 Å². The highest BCUT2D eigenvalue weighted by atomic mass is 16.3. The predicted octanol–water partition coefficient (Wildman–Crippen LogP) is -0.169. The van der Waals surface area contributed by atoms with Crippen LogP contribution in [0.1, 0.15) is 10.4 Å². The van der Waals surface area contributed by atoms with E-state index in [0.29, 0.717) is 5.69 Å². The first-order valence-electron chi connectivity index (χ1n) is 4.70. The molecule has 0 fully saturated rings. The monoisotopic (exact) mass is 232 g/mol. The lowest BCUT2D eigenvalue weighted by atomic mass is 10.1. The number of hydrogen-bond acceptors (Lipinski definition) is 5. The van der Waals surface area contributed by atoms with Gasteiger partial charge >= 0.3 is 0 Å². The van der Waals surface area contributed by atoms with E-state index in [2.05, 4.69) is 5.32 Å². The fourth-order valence-electron chi connectivity index (χ4n) is 1.39. The van der Waals surface area contributed by atoms with Crippen LogP contribution in [0.3, 0.4) is 0 Å². The first-order valence-corrected chi connectivity index (χ1v) is 4.70. The summed E-state index contributed by atoms with van der Waals surface area (Å²) in [4.78, 5) is 32.8. The minimum Gasteiger partial charge on any atom is -0.502 e. The second kappa shape index (κ2) is 3.75. The molecule has 1 amide bonds. The first-order chi connectivity index (χ1) is 8.00. The fraction of sp³-hybridized carbons (Fsp3) is 0. The van der Waals surface area contributed by atoms with Gasteiger partial charge < -0.3 is 16.2 Å². The fourth-order valence-corrected chi connectivity index (χ4v) is 1.39. The number of amides is 1. The summed E-state index contributed by atoms with van der Waals surface area (Å²) in [6, 6.07) is 6.06. The average Bonchev–Trinajstić information content (AvgIpc) is 2.35. The molecule has 0 aliphatic rings. The molecule has 0 saturated carbocycles. The van der Waals surface area contributed by atoms with Gasteiger partial charge in [0.25, 0.3) is 10.9 Å². The Labute approximate surface area is 95.0 Å². The van der Waals surface area contributed by atoms with Crippen LogP contribution in [0.4, 0.5) is 11.4 Å². The van der Waals surface area contributed by atoms with Crippen LogP contribution in [0, 0.1) is 0 Å². The van der Waals surface area contributed by atoms with Crippen molar-refractivity contribution in [3.05, 3.63) is 50.3 Å². The maximum absolute atomic E-state index is 11.1. The molecule has 0 spiro atoms. The molecule has 6 heteroatoms. The summed E-state index contributed by atoms with van der Waals surface area (Å²) in [5, 5.41) is 11.7. The molecule has 0 aliphatic carbocycles. The molecule has 86 valence electrons. The molecule has 4 N–H and O–H groups in total. The minimum absolute atomic E-state index is 0.170. The molecule has 0 heterocycles. The Bertz CT molecular complexity index is 668. The number of primary amides is 1. The molecular weight excluding hydrogens is 224 g/mol. The molecule has 0 unspecified atom stereocenters. The van der Waals surface area contributed by atoms with Gasteiger partial charge in [-0.05, 0) is 18.2 Å². The first kappa shape index (κ1) is 10.9. The maximum atomic E-state index is 11.1. The van der Waals surface area contributed by atoms with Crippen molar-refractivity contribution < 1.29 is 9.90 Å². The molecule has 0 bridgehead atoms. The van der Waals surface area contributed by atoms with E-state index >= 15 is 0 Å². The molecule has 0 radical (unpaired) electrons. The van der Waals surface area contributed by atoms with Crippen molar-refractivity contribution >= 4 is 17.3 Å². The summed E-state index contributed by atoms with van der Waals surface area (Å²) in [6.07, 6.45) is 0. The third-order valence-corrected chi connectivity index (χ3v) is 2.30. The van der Waals surface area contributed by atoms with Crippen LogP contribution < -0.4 is 21.9 Å². The molecule has 0 aromatic heterocycles. The van der Waals surface area contributed by atoms with Crippen molar-refractivity contribution in [3.63, 3.8) is 0 Å². The van der Waals surface area contributed by atoms with Crippen molar-refractivity contribution in [1.82, 2.24) is 0 Å². The van der Waals surface area contributed by atoms with Crippen LogP contribution >= 0.6 is 0 Å².